The number of carbonyl (C=O) groups is 1. The molecular formula is C19H21Cl2N3O3S. The number of H-pyrrole nitrogens is 1. The Labute approximate surface area is 176 Å². The maximum Gasteiger partial charge on any atom is 0.270 e. The highest BCUT2D eigenvalue weighted by atomic mass is 35.5. The van der Waals surface area contributed by atoms with Crippen molar-refractivity contribution in [3.8, 4) is 0 Å². The fourth-order valence-corrected chi connectivity index (χ4v) is 5.64. The lowest BCUT2D eigenvalue weighted by molar-refractivity contribution is -0.113. The number of nitrogens with one attached hydrogen (secondary N) is 2. The number of thioether (sulfide) groups is 1. The maximum absolute atomic E-state index is 13.0. The normalized spacial score (nSPS) is 24.4. The van der Waals surface area contributed by atoms with Gasteiger partial charge in [-0.2, -0.15) is 0 Å². The van der Waals surface area contributed by atoms with Gasteiger partial charge in [0.25, 0.3) is 5.56 Å². The predicted octanol–water partition coefficient (Wildman–Crippen LogP) is 4.39. The average molecular weight is 442 g/mol. The Kier molecular flexibility index (Phi) is 5.29. The zero-order chi connectivity index (χ0) is 20.1. The zero-order valence-corrected chi connectivity index (χ0v) is 17.9. The van der Waals surface area contributed by atoms with Gasteiger partial charge in [0.2, 0.25) is 5.91 Å². The van der Waals surface area contributed by atoms with Crippen LogP contribution >= 0.6 is 35.0 Å². The fourth-order valence-electron chi connectivity index (χ4n) is 3.90. The summed E-state index contributed by atoms with van der Waals surface area (Å²) in [5.74, 6) is 0.619. The minimum absolute atomic E-state index is 0.0324. The number of nitrogens with zero attached hydrogens (tertiary/aromatic N) is 1. The molecule has 2 atom stereocenters. The number of aromatic amines is 1. The van der Waals surface area contributed by atoms with Gasteiger partial charge in [-0.05, 0) is 44.4 Å². The first-order valence-corrected chi connectivity index (χ1v) is 10.9. The summed E-state index contributed by atoms with van der Waals surface area (Å²) in [5, 5.41) is 6.52. The third-order valence-corrected chi connectivity index (χ3v) is 6.96. The Morgan fingerprint density at radius 3 is 2.79 bits per heavy atom. The van der Waals surface area contributed by atoms with Crippen LogP contribution in [-0.4, -0.2) is 33.6 Å². The third kappa shape index (κ3) is 3.73. The minimum Gasteiger partial charge on any atom is -0.375 e. The SMILES string of the molecule is CC1(C)C[C@@H](n2[nH]c(=O)c3c2NC(=O)CS[C@@H]3c2ccc(Cl)cc2Cl)CCO1. The lowest BCUT2D eigenvalue weighted by Gasteiger charge is -2.36. The maximum atomic E-state index is 13.0. The molecule has 0 aliphatic carbocycles. The molecule has 150 valence electrons. The highest BCUT2D eigenvalue weighted by Crippen LogP contribution is 2.44. The first-order valence-electron chi connectivity index (χ1n) is 9.10. The summed E-state index contributed by atoms with van der Waals surface area (Å²) in [7, 11) is 0. The topological polar surface area (TPSA) is 76.1 Å². The molecule has 1 aromatic carbocycles. The Morgan fingerprint density at radius 1 is 1.29 bits per heavy atom. The minimum atomic E-state index is -0.364. The molecule has 2 aliphatic rings. The smallest absolute Gasteiger partial charge is 0.270 e. The molecule has 2 aromatic rings. The van der Waals surface area contributed by atoms with Crippen molar-refractivity contribution in [2.75, 3.05) is 17.7 Å². The summed E-state index contributed by atoms with van der Waals surface area (Å²) in [4.78, 5) is 25.4. The highest BCUT2D eigenvalue weighted by molar-refractivity contribution is 8.00. The molecule has 2 N–H and O–H groups in total. The monoisotopic (exact) mass is 441 g/mol. The molecule has 1 amide bonds. The van der Waals surface area contributed by atoms with Gasteiger partial charge in [-0.3, -0.25) is 19.4 Å². The van der Waals surface area contributed by atoms with E-state index in [9.17, 15) is 9.59 Å². The Hall–Kier alpha value is -1.41. The summed E-state index contributed by atoms with van der Waals surface area (Å²) >= 11 is 13.8. The van der Waals surface area contributed by atoms with Gasteiger partial charge in [0.05, 0.1) is 28.2 Å². The lowest BCUT2D eigenvalue weighted by atomic mass is 9.94. The quantitative estimate of drug-likeness (QED) is 0.724. The summed E-state index contributed by atoms with van der Waals surface area (Å²) in [6, 6.07) is 5.25. The van der Waals surface area contributed by atoms with Crippen LogP contribution in [0.1, 0.15) is 49.1 Å². The molecule has 0 bridgehead atoms. The van der Waals surface area contributed by atoms with Crippen molar-refractivity contribution < 1.29 is 9.53 Å². The summed E-state index contributed by atoms with van der Waals surface area (Å²) in [6.45, 7) is 4.66. The lowest BCUT2D eigenvalue weighted by Crippen LogP contribution is -2.36. The molecule has 2 aliphatic heterocycles. The van der Waals surface area contributed by atoms with Crippen molar-refractivity contribution in [1.82, 2.24) is 9.78 Å². The van der Waals surface area contributed by atoms with E-state index in [2.05, 4.69) is 10.4 Å². The summed E-state index contributed by atoms with van der Waals surface area (Å²) in [5.41, 5.74) is 0.776. The number of carbonyl (C=O) groups excluding carboxylic acids is 1. The van der Waals surface area contributed by atoms with Crippen LogP contribution in [0.15, 0.2) is 23.0 Å². The van der Waals surface area contributed by atoms with Crippen LogP contribution in [0.2, 0.25) is 10.0 Å². The van der Waals surface area contributed by atoms with E-state index < -0.39 is 0 Å². The van der Waals surface area contributed by atoms with Crippen LogP contribution in [0.25, 0.3) is 0 Å². The molecule has 3 heterocycles. The van der Waals surface area contributed by atoms with E-state index in [4.69, 9.17) is 27.9 Å². The third-order valence-electron chi connectivity index (χ3n) is 5.14. The number of ether oxygens (including phenoxy) is 1. The van der Waals surface area contributed by atoms with Gasteiger partial charge < -0.3 is 10.1 Å². The standard InChI is InChI=1S/C19H21Cl2N3O3S/c1-19(2)8-11(5-6-27-19)24-17-15(18(26)23-24)16(28-9-14(25)22-17)12-4-3-10(20)7-13(12)21/h3-4,7,11,16H,5-6,8-9H2,1-2H3,(H,22,25)(H,23,26)/t11-,16+/m0/s1. The molecule has 4 rings (SSSR count). The van der Waals surface area contributed by atoms with Crippen LogP contribution < -0.4 is 10.9 Å². The van der Waals surface area contributed by atoms with E-state index in [1.807, 2.05) is 24.6 Å². The van der Waals surface area contributed by atoms with Gasteiger partial charge >= 0.3 is 0 Å². The number of fused-ring (bicyclic) bond motifs is 1. The molecule has 1 saturated heterocycles. The highest BCUT2D eigenvalue weighted by Gasteiger charge is 2.36. The number of rotatable bonds is 2. The molecule has 28 heavy (non-hydrogen) atoms. The van der Waals surface area contributed by atoms with Crippen LogP contribution in [-0.2, 0) is 9.53 Å². The first-order chi connectivity index (χ1) is 13.2. The number of hydrogen-bond donors (Lipinski definition) is 2. The van der Waals surface area contributed by atoms with E-state index in [0.29, 0.717) is 28.0 Å². The van der Waals surface area contributed by atoms with Crippen molar-refractivity contribution >= 4 is 46.7 Å². The van der Waals surface area contributed by atoms with E-state index in [1.54, 1.807) is 12.1 Å². The fraction of sp³-hybridized carbons (Fsp3) is 0.474. The molecule has 0 radical (unpaired) electrons. The van der Waals surface area contributed by atoms with Gasteiger partial charge in [-0.15, -0.1) is 11.8 Å². The number of halogens is 2. The van der Waals surface area contributed by atoms with Crippen molar-refractivity contribution in [3.05, 3.63) is 49.7 Å². The largest absolute Gasteiger partial charge is 0.375 e. The van der Waals surface area contributed by atoms with Crippen molar-refractivity contribution in [2.24, 2.45) is 0 Å². The van der Waals surface area contributed by atoms with Gasteiger partial charge in [0.15, 0.2) is 0 Å². The molecule has 0 unspecified atom stereocenters. The zero-order valence-electron chi connectivity index (χ0n) is 15.6. The van der Waals surface area contributed by atoms with Gasteiger partial charge in [-0.1, -0.05) is 29.3 Å². The number of hydrogen-bond acceptors (Lipinski definition) is 4. The van der Waals surface area contributed by atoms with Gasteiger partial charge in [-0.25, -0.2) is 0 Å². The second-order valence-electron chi connectivity index (χ2n) is 7.73. The van der Waals surface area contributed by atoms with Crippen LogP contribution in [0.3, 0.4) is 0 Å². The Balaban J connectivity index is 1.82. The van der Waals surface area contributed by atoms with Crippen LogP contribution in [0.5, 0.6) is 0 Å². The average Bonchev–Trinajstić information content (AvgIpc) is 2.81. The van der Waals surface area contributed by atoms with Crippen LogP contribution in [0, 0.1) is 0 Å². The number of benzene rings is 1. The van der Waals surface area contributed by atoms with Gasteiger partial charge in [0, 0.05) is 16.7 Å². The Bertz CT molecular complexity index is 985. The second kappa shape index (κ2) is 7.44. The second-order valence-corrected chi connectivity index (χ2v) is 9.67. The van der Waals surface area contributed by atoms with Gasteiger partial charge in [0.1, 0.15) is 5.82 Å². The van der Waals surface area contributed by atoms with E-state index in [-0.39, 0.29) is 34.1 Å². The number of amides is 1. The Morgan fingerprint density at radius 2 is 2.07 bits per heavy atom. The molecular weight excluding hydrogens is 421 g/mol. The van der Waals surface area contributed by atoms with Crippen molar-refractivity contribution in [3.63, 3.8) is 0 Å². The van der Waals surface area contributed by atoms with E-state index in [1.165, 1.54) is 11.8 Å². The number of anilines is 1. The van der Waals surface area contributed by atoms with Crippen molar-refractivity contribution in [1.29, 1.82) is 0 Å². The molecule has 1 fully saturated rings. The van der Waals surface area contributed by atoms with Crippen LogP contribution in [0.4, 0.5) is 5.82 Å². The molecule has 6 nitrogen and oxygen atoms in total. The summed E-state index contributed by atoms with van der Waals surface area (Å²) < 4.78 is 7.61. The number of aromatic nitrogens is 2. The molecule has 1 aromatic heterocycles. The van der Waals surface area contributed by atoms with E-state index in [0.717, 1.165) is 18.4 Å². The summed E-state index contributed by atoms with van der Waals surface area (Å²) in [6.07, 6.45) is 1.50. The predicted molar refractivity (Wildman–Crippen MR) is 113 cm³/mol. The molecule has 0 spiro atoms. The molecule has 0 saturated carbocycles. The van der Waals surface area contributed by atoms with Crippen molar-refractivity contribution in [2.45, 2.75) is 43.6 Å². The molecule has 9 heteroatoms. The first kappa shape index (κ1) is 19.9. The van der Waals surface area contributed by atoms with E-state index >= 15 is 0 Å².